The van der Waals surface area contributed by atoms with E-state index in [1.54, 1.807) is 6.07 Å². The number of carbonyl (C=O) groups is 1. The predicted molar refractivity (Wildman–Crippen MR) is 89.6 cm³/mol. The van der Waals surface area contributed by atoms with Gasteiger partial charge in [0.25, 0.3) is 5.91 Å². The summed E-state index contributed by atoms with van der Waals surface area (Å²) in [6.07, 6.45) is 0. The van der Waals surface area contributed by atoms with E-state index in [-0.39, 0.29) is 5.91 Å². The number of aromatic nitrogens is 1. The van der Waals surface area contributed by atoms with E-state index in [1.165, 1.54) is 22.7 Å². The van der Waals surface area contributed by atoms with Gasteiger partial charge in [-0.3, -0.25) is 4.79 Å². The molecule has 0 radical (unpaired) electrons. The molecule has 1 amide bonds. The molecule has 3 rings (SSSR count). The van der Waals surface area contributed by atoms with Crippen LogP contribution in [-0.2, 0) is 0 Å². The minimum atomic E-state index is -0.108. The van der Waals surface area contributed by atoms with Gasteiger partial charge in [-0.25, -0.2) is 4.98 Å². The average molecular weight is 335 g/mol. The Morgan fingerprint density at radius 1 is 1.24 bits per heavy atom. The Hall–Kier alpha value is -1.69. The van der Waals surface area contributed by atoms with Crippen LogP contribution in [0, 0.1) is 6.92 Å². The van der Waals surface area contributed by atoms with Crippen LogP contribution in [0.1, 0.15) is 14.7 Å². The molecule has 1 aromatic carbocycles. The first kappa shape index (κ1) is 14.3. The minimum absolute atomic E-state index is 0.108. The molecule has 3 aromatic rings. The number of thiazole rings is 1. The van der Waals surface area contributed by atoms with Crippen LogP contribution in [0.25, 0.3) is 11.3 Å². The summed E-state index contributed by atoms with van der Waals surface area (Å²) in [5, 5.41) is 7.16. The molecule has 0 bridgehead atoms. The van der Waals surface area contributed by atoms with E-state index in [0.29, 0.717) is 9.90 Å². The zero-order chi connectivity index (χ0) is 14.8. The Morgan fingerprint density at radius 3 is 2.67 bits per heavy atom. The highest BCUT2D eigenvalue weighted by atomic mass is 35.5. The Balaban J connectivity index is 1.92. The fourth-order valence-corrected chi connectivity index (χ4v) is 3.47. The second-order valence-electron chi connectivity index (χ2n) is 4.35. The van der Waals surface area contributed by atoms with Gasteiger partial charge >= 0.3 is 0 Å². The number of nitrogens with one attached hydrogen (secondary N) is 1. The van der Waals surface area contributed by atoms with Gasteiger partial charge in [-0.15, -0.1) is 22.7 Å². The van der Waals surface area contributed by atoms with Gasteiger partial charge in [-0.1, -0.05) is 29.8 Å². The summed E-state index contributed by atoms with van der Waals surface area (Å²) < 4.78 is 0. The minimum Gasteiger partial charge on any atom is -0.311 e. The summed E-state index contributed by atoms with van der Waals surface area (Å²) in [4.78, 5) is 17.4. The van der Waals surface area contributed by atoms with Crippen LogP contribution in [0.2, 0.25) is 5.02 Å². The van der Waals surface area contributed by atoms with E-state index >= 15 is 0 Å². The van der Waals surface area contributed by atoms with Crippen LogP contribution in [0.4, 0.5) is 5.00 Å². The quantitative estimate of drug-likeness (QED) is 0.725. The number of benzene rings is 1. The summed E-state index contributed by atoms with van der Waals surface area (Å²) >= 11 is 8.79. The summed E-state index contributed by atoms with van der Waals surface area (Å²) in [7, 11) is 0. The molecule has 106 valence electrons. The van der Waals surface area contributed by atoms with Gasteiger partial charge in [0.05, 0.1) is 9.88 Å². The lowest BCUT2D eigenvalue weighted by atomic mass is 10.1. The topological polar surface area (TPSA) is 42.0 Å². The second kappa shape index (κ2) is 5.97. The van der Waals surface area contributed by atoms with Gasteiger partial charge in [-0.2, -0.15) is 0 Å². The van der Waals surface area contributed by atoms with Gasteiger partial charge < -0.3 is 5.32 Å². The van der Waals surface area contributed by atoms with Gasteiger partial charge in [-0.05, 0) is 30.5 Å². The third kappa shape index (κ3) is 3.15. The highest BCUT2D eigenvalue weighted by molar-refractivity contribution is 7.16. The number of rotatable bonds is 3. The number of anilines is 1. The van der Waals surface area contributed by atoms with Crippen molar-refractivity contribution >= 4 is 45.2 Å². The van der Waals surface area contributed by atoms with E-state index in [9.17, 15) is 4.79 Å². The number of aryl methyl sites for hydroxylation is 1. The molecule has 0 saturated carbocycles. The molecule has 21 heavy (non-hydrogen) atoms. The molecular weight excluding hydrogens is 324 g/mol. The van der Waals surface area contributed by atoms with Crippen LogP contribution in [0.15, 0.2) is 41.8 Å². The maximum Gasteiger partial charge on any atom is 0.266 e. The Kier molecular flexibility index (Phi) is 4.05. The molecule has 0 aliphatic rings. The van der Waals surface area contributed by atoms with Crippen molar-refractivity contribution in [2.75, 3.05) is 5.32 Å². The van der Waals surface area contributed by atoms with Crippen LogP contribution in [-0.4, -0.2) is 10.9 Å². The Bertz CT molecular complexity index is 764. The molecule has 6 heteroatoms. The predicted octanol–water partition coefficient (Wildman–Crippen LogP) is 5.09. The number of amides is 1. The first-order valence-electron chi connectivity index (χ1n) is 6.22. The van der Waals surface area contributed by atoms with Gasteiger partial charge in [0, 0.05) is 10.6 Å². The first-order valence-corrected chi connectivity index (χ1v) is 8.29. The van der Waals surface area contributed by atoms with Crippen LogP contribution >= 0.6 is 34.3 Å². The Morgan fingerprint density at radius 2 is 2.00 bits per heavy atom. The summed E-state index contributed by atoms with van der Waals surface area (Å²) in [6.45, 7) is 1.92. The molecule has 3 nitrogen and oxygen atoms in total. The van der Waals surface area contributed by atoms with Crippen molar-refractivity contribution in [1.29, 1.82) is 0 Å². The third-order valence-corrected chi connectivity index (χ3v) is 4.83. The number of nitrogens with zero attached hydrogens (tertiary/aromatic N) is 1. The second-order valence-corrected chi connectivity index (χ2v) is 6.94. The largest absolute Gasteiger partial charge is 0.311 e. The van der Waals surface area contributed by atoms with Crippen molar-refractivity contribution in [3.8, 4) is 11.3 Å². The van der Waals surface area contributed by atoms with Crippen LogP contribution in [0.5, 0.6) is 0 Å². The summed E-state index contributed by atoms with van der Waals surface area (Å²) in [5.41, 5.74) is 1.71. The molecule has 1 N–H and O–H groups in total. The van der Waals surface area contributed by atoms with Crippen LogP contribution < -0.4 is 5.32 Å². The zero-order valence-electron chi connectivity index (χ0n) is 11.1. The fraction of sp³-hybridized carbons (Fsp3) is 0.0667. The Labute approximate surface area is 135 Å². The molecular formula is C15H11ClN2OS2. The highest BCUT2D eigenvalue weighted by Gasteiger charge is 2.15. The molecule has 0 saturated heterocycles. The van der Waals surface area contributed by atoms with E-state index in [4.69, 9.17) is 11.6 Å². The van der Waals surface area contributed by atoms with Gasteiger partial charge in [0.1, 0.15) is 10.7 Å². The van der Waals surface area contributed by atoms with E-state index < -0.39 is 0 Å². The zero-order valence-corrected chi connectivity index (χ0v) is 13.5. The molecule has 0 fully saturated rings. The van der Waals surface area contributed by atoms with Gasteiger partial charge in [0.2, 0.25) is 0 Å². The van der Waals surface area contributed by atoms with Gasteiger partial charge in [0.15, 0.2) is 0 Å². The van der Waals surface area contributed by atoms with Crippen molar-refractivity contribution in [2.24, 2.45) is 0 Å². The van der Waals surface area contributed by atoms with Crippen molar-refractivity contribution in [2.45, 2.75) is 6.92 Å². The van der Waals surface area contributed by atoms with Crippen molar-refractivity contribution in [3.05, 3.63) is 56.7 Å². The maximum absolute atomic E-state index is 12.2. The van der Waals surface area contributed by atoms with E-state index in [0.717, 1.165) is 21.3 Å². The van der Waals surface area contributed by atoms with E-state index in [1.807, 2.05) is 42.6 Å². The SMILES string of the molecule is Cc1nc(-c2ccc(Cl)cc2)c(NC(=O)c2cccs2)s1. The van der Waals surface area contributed by atoms with Crippen molar-refractivity contribution in [3.63, 3.8) is 0 Å². The van der Waals surface area contributed by atoms with E-state index in [2.05, 4.69) is 10.3 Å². The smallest absolute Gasteiger partial charge is 0.266 e. The van der Waals surface area contributed by atoms with Crippen molar-refractivity contribution in [1.82, 2.24) is 4.98 Å². The molecule has 0 unspecified atom stereocenters. The molecule has 2 aromatic heterocycles. The number of hydrogen-bond acceptors (Lipinski definition) is 4. The third-order valence-electron chi connectivity index (χ3n) is 2.82. The summed E-state index contributed by atoms with van der Waals surface area (Å²) in [6, 6.07) is 11.1. The molecule has 0 spiro atoms. The lowest BCUT2D eigenvalue weighted by Crippen LogP contribution is -2.09. The fourth-order valence-electron chi connectivity index (χ4n) is 1.89. The first-order chi connectivity index (χ1) is 10.1. The van der Waals surface area contributed by atoms with Crippen LogP contribution in [0.3, 0.4) is 0 Å². The monoisotopic (exact) mass is 334 g/mol. The number of halogens is 1. The number of carbonyl (C=O) groups excluding carboxylic acids is 1. The number of hydrogen-bond donors (Lipinski definition) is 1. The lowest BCUT2D eigenvalue weighted by molar-refractivity contribution is 0.103. The highest BCUT2D eigenvalue weighted by Crippen LogP contribution is 2.34. The number of thiophene rings is 1. The molecule has 0 aliphatic carbocycles. The average Bonchev–Trinajstić information content (AvgIpc) is 3.09. The standard InChI is InChI=1S/C15H11ClN2OS2/c1-9-17-13(10-4-6-11(16)7-5-10)15(21-9)18-14(19)12-3-2-8-20-12/h2-8H,1H3,(H,18,19). The molecule has 0 aliphatic heterocycles. The lowest BCUT2D eigenvalue weighted by Gasteiger charge is -2.04. The van der Waals surface area contributed by atoms with Crippen molar-refractivity contribution < 1.29 is 4.79 Å². The molecule has 2 heterocycles. The summed E-state index contributed by atoms with van der Waals surface area (Å²) in [5.74, 6) is -0.108. The normalized spacial score (nSPS) is 10.6. The maximum atomic E-state index is 12.2. The molecule has 0 atom stereocenters.